The lowest BCUT2D eigenvalue weighted by molar-refractivity contribution is -0.128. The van der Waals surface area contributed by atoms with Crippen molar-refractivity contribution in [1.29, 1.82) is 5.26 Å². The normalized spacial score (nSPS) is 16.4. The molecule has 0 unspecified atom stereocenters. The number of carbonyl (C=O) groups is 1. The molecule has 0 atom stereocenters. The first kappa shape index (κ1) is 19.0. The number of nitrogens with zero attached hydrogens (tertiary/aromatic N) is 2. The van der Waals surface area contributed by atoms with Gasteiger partial charge in [-0.3, -0.25) is 4.79 Å². The molecule has 0 bridgehead atoms. The minimum absolute atomic E-state index is 0.0821. The van der Waals surface area contributed by atoms with Gasteiger partial charge in [0.15, 0.2) is 0 Å². The Bertz CT molecular complexity index is 639. The van der Waals surface area contributed by atoms with Gasteiger partial charge in [-0.15, -0.1) is 0 Å². The molecule has 0 aromatic heterocycles. The molecule has 5 nitrogen and oxygen atoms in total. The van der Waals surface area contributed by atoms with Crippen molar-refractivity contribution < 1.29 is 9.90 Å². The van der Waals surface area contributed by atoms with Gasteiger partial charge in [-0.05, 0) is 44.6 Å². The summed E-state index contributed by atoms with van der Waals surface area (Å²) in [5.74, 6) is 0.342. The highest BCUT2D eigenvalue weighted by molar-refractivity contribution is 5.97. The number of hydrogen-bond acceptors (Lipinski definition) is 4. The lowest BCUT2D eigenvalue weighted by atomic mass is 9.90. The van der Waals surface area contributed by atoms with Gasteiger partial charge in [-0.2, -0.15) is 5.26 Å². The van der Waals surface area contributed by atoms with Crippen LogP contribution in [0.1, 0.15) is 32.3 Å². The third-order valence-electron chi connectivity index (χ3n) is 4.62. The van der Waals surface area contributed by atoms with Gasteiger partial charge < -0.3 is 15.3 Å². The SMILES string of the molecule is CC(C)(CO)N/C=C(/C#N)C(=O)N1CCC(Cc2ccccc2)CC1. The smallest absolute Gasteiger partial charge is 0.265 e. The van der Waals surface area contributed by atoms with Gasteiger partial charge in [-0.25, -0.2) is 0 Å². The Morgan fingerprint density at radius 3 is 2.56 bits per heavy atom. The molecule has 25 heavy (non-hydrogen) atoms. The van der Waals surface area contributed by atoms with E-state index in [1.807, 2.05) is 12.1 Å². The molecule has 0 aliphatic carbocycles. The average Bonchev–Trinajstić information content (AvgIpc) is 2.63. The first-order valence-corrected chi connectivity index (χ1v) is 8.77. The highest BCUT2D eigenvalue weighted by Crippen LogP contribution is 2.22. The van der Waals surface area contributed by atoms with E-state index in [9.17, 15) is 15.2 Å². The molecule has 0 spiro atoms. The molecule has 2 rings (SSSR count). The topological polar surface area (TPSA) is 76.4 Å². The van der Waals surface area contributed by atoms with Crippen LogP contribution >= 0.6 is 0 Å². The summed E-state index contributed by atoms with van der Waals surface area (Å²) in [6.07, 6.45) is 4.37. The van der Waals surface area contributed by atoms with Crippen molar-refractivity contribution in [3.05, 3.63) is 47.7 Å². The number of aliphatic hydroxyl groups is 1. The molecular formula is C20H27N3O2. The largest absolute Gasteiger partial charge is 0.394 e. The van der Waals surface area contributed by atoms with Gasteiger partial charge >= 0.3 is 0 Å². The summed E-state index contributed by atoms with van der Waals surface area (Å²) in [6, 6.07) is 12.4. The predicted molar refractivity (Wildman–Crippen MR) is 97.4 cm³/mol. The van der Waals surface area contributed by atoms with Crippen molar-refractivity contribution in [2.24, 2.45) is 5.92 Å². The van der Waals surface area contributed by atoms with E-state index in [0.717, 1.165) is 19.3 Å². The second-order valence-electron chi connectivity index (χ2n) is 7.28. The van der Waals surface area contributed by atoms with E-state index < -0.39 is 5.54 Å². The van der Waals surface area contributed by atoms with Crippen molar-refractivity contribution in [3.8, 4) is 6.07 Å². The molecule has 1 amide bonds. The van der Waals surface area contributed by atoms with Crippen LogP contribution in [0.15, 0.2) is 42.1 Å². The molecule has 2 N–H and O–H groups in total. The number of piperidine rings is 1. The maximum atomic E-state index is 12.5. The summed E-state index contributed by atoms with van der Waals surface area (Å²) in [7, 11) is 0. The highest BCUT2D eigenvalue weighted by atomic mass is 16.3. The summed E-state index contributed by atoms with van der Waals surface area (Å²) in [5.41, 5.74) is 0.855. The molecule has 1 aromatic rings. The molecule has 1 fully saturated rings. The predicted octanol–water partition coefficient (Wildman–Crippen LogP) is 2.24. The lowest BCUT2D eigenvalue weighted by Gasteiger charge is -2.32. The maximum absolute atomic E-state index is 12.5. The Morgan fingerprint density at radius 1 is 1.36 bits per heavy atom. The standard InChI is InChI=1S/C20H27N3O2/c1-20(2,15-24)22-14-18(13-21)19(25)23-10-8-17(9-11-23)12-16-6-4-3-5-7-16/h3-7,14,17,22,24H,8-12,15H2,1-2H3/b18-14-. The minimum Gasteiger partial charge on any atom is -0.394 e. The highest BCUT2D eigenvalue weighted by Gasteiger charge is 2.25. The summed E-state index contributed by atoms with van der Waals surface area (Å²) in [6.45, 7) is 4.88. The van der Waals surface area contributed by atoms with E-state index in [1.54, 1.807) is 18.7 Å². The van der Waals surface area contributed by atoms with Gasteiger partial charge in [0.1, 0.15) is 11.6 Å². The summed E-state index contributed by atoms with van der Waals surface area (Å²) in [5, 5.41) is 21.5. The zero-order chi connectivity index (χ0) is 18.3. The van der Waals surface area contributed by atoms with Gasteiger partial charge in [-0.1, -0.05) is 30.3 Å². The van der Waals surface area contributed by atoms with Crippen LogP contribution in [-0.4, -0.2) is 41.1 Å². The Kier molecular flexibility index (Phi) is 6.60. The molecule has 1 aliphatic rings. The van der Waals surface area contributed by atoms with Gasteiger partial charge in [0.2, 0.25) is 0 Å². The average molecular weight is 341 g/mol. The van der Waals surface area contributed by atoms with Gasteiger partial charge in [0, 0.05) is 19.3 Å². The van der Waals surface area contributed by atoms with Crippen molar-refractivity contribution in [2.45, 2.75) is 38.6 Å². The Balaban J connectivity index is 1.89. The Morgan fingerprint density at radius 2 is 2.00 bits per heavy atom. The van der Waals surface area contributed by atoms with Gasteiger partial charge in [0.05, 0.1) is 12.1 Å². The van der Waals surface area contributed by atoms with Crippen LogP contribution in [0, 0.1) is 17.2 Å². The first-order chi connectivity index (χ1) is 11.9. The van der Waals surface area contributed by atoms with E-state index in [0.29, 0.717) is 19.0 Å². The Hall–Kier alpha value is -2.32. The molecule has 1 aliphatic heterocycles. The summed E-state index contributed by atoms with van der Waals surface area (Å²) >= 11 is 0. The van der Waals surface area contributed by atoms with Crippen molar-refractivity contribution in [3.63, 3.8) is 0 Å². The number of aliphatic hydroxyl groups excluding tert-OH is 1. The Labute approximate surface area is 150 Å². The third-order valence-corrected chi connectivity index (χ3v) is 4.62. The van der Waals surface area contributed by atoms with Crippen LogP contribution in [0.5, 0.6) is 0 Å². The molecular weight excluding hydrogens is 314 g/mol. The fourth-order valence-corrected chi connectivity index (χ4v) is 2.91. The number of nitriles is 1. The molecule has 1 saturated heterocycles. The number of amides is 1. The van der Waals surface area contributed by atoms with Crippen molar-refractivity contribution >= 4 is 5.91 Å². The van der Waals surface area contributed by atoms with Crippen LogP contribution in [0.2, 0.25) is 0 Å². The number of nitrogens with one attached hydrogen (secondary N) is 1. The van der Waals surface area contributed by atoms with Gasteiger partial charge in [0.25, 0.3) is 5.91 Å². The van der Waals surface area contributed by atoms with Crippen LogP contribution in [-0.2, 0) is 11.2 Å². The van der Waals surface area contributed by atoms with E-state index in [-0.39, 0.29) is 18.1 Å². The summed E-state index contributed by atoms with van der Waals surface area (Å²) in [4.78, 5) is 14.3. The van der Waals surface area contributed by atoms with E-state index in [1.165, 1.54) is 11.8 Å². The van der Waals surface area contributed by atoms with Crippen molar-refractivity contribution in [2.75, 3.05) is 19.7 Å². The zero-order valence-corrected chi connectivity index (χ0v) is 15.0. The molecule has 0 radical (unpaired) electrons. The fourth-order valence-electron chi connectivity index (χ4n) is 2.91. The lowest BCUT2D eigenvalue weighted by Crippen LogP contribution is -2.42. The van der Waals surface area contributed by atoms with Crippen LogP contribution < -0.4 is 5.32 Å². The second kappa shape index (κ2) is 8.68. The molecule has 1 heterocycles. The molecule has 1 aromatic carbocycles. The maximum Gasteiger partial charge on any atom is 0.265 e. The fraction of sp³-hybridized carbons (Fsp3) is 0.500. The van der Waals surface area contributed by atoms with E-state index >= 15 is 0 Å². The zero-order valence-electron chi connectivity index (χ0n) is 15.0. The minimum atomic E-state index is -0.564. The number of hydrogen-bond donors (Lipinski definition) is 2. The molecule has 5 heteroatoms. The van der Waals surface area contributed by atoms with E-state index in [2.05, 4.69) is 29.6 Å². The molecule has 134 valence electrons. The van der Waals surface area contributed by atoms with Crippen LogP contribution in [0.25, 0.3) is 0 Å². The van der Waals surface area contributed by atoms with Crippen LogP contribution in [0.3, 0.4) is 0 Å². The number of benzene rings is 1. The molecule has 0 saturated carbocycles. The first-order valence-electron chi connectivity index (χ1n) is 8.77. The second-order valence-corrected chi connectivity index (χ2v) is 7.28. The number of rotatable bonds is 6. The van der Waals surface area contributed by atoms with Crippen LogP contribution in [0.4, 0.5) is 0 Å². The quantitative estimate of drug-likeness (QED) is 0.614. The van der Waals surface area contributed by atoms with E-state index in [4.69, 9.17) is 0 Å². The third kappa shape index (κ3) is 5.61. The summed E-state index contributed by atoms with van der Waals surface area (Å²) < 4.78 is 0. The van der Waals surface area contributed by atoms with Crippen molar-refractivity contribution in [1.82, 2.24) is 10.2 Å². The monoisotopic (exact) mass is 341 g/mol. The number of carbonyl (C=O) groups excluding carboxylic acids is 1. The number of likely N-dealkylation sites (tertiary alicyclic amines) is 1.